The highest BCUT2D eigenvalue weighted by molar-refractivity contribution is 4.96. The van der Waals surface area contributed by atoms with Gasteiger partial charge in [-0.05, 0) is 0 Å². The van der Waals surface area contributed by atoms with Crippen molar-refractivity contribution in [2.75, 3.05) is 26.4 Å². The van der Waals surface area contributed by atoms with E-state index in [9.17, 15) is 0 Å². The van der Waals surface area contributed by atoms with Crippen molar-refractivity contribution < 1.29 is 18.9 Å². The third-order valence-corrected chi connectivity index (χ3v) is 3.05. The zero-order valence-corrected chi connectivity index (χ0v) is 10.1. The zero-order valence-electron chi connectivity index (χ0n) is 10.1. The minimum absolute atomic E-state index is 0.115. The molecule has 18 heavy (non-hydrogen) atoms. The van der Waals surface area contributed by atoms with Crippen LogP contribution < -0.4 is 0 Å². The lowest BCUT2D eigenvalue weighted by Crippen LogP contribution is -2.34. The van der Waals surface area contributed by atoms with Crippen LogP contribution in [-0.2, 0) is 18.9 Å². The molecule has 2 aliphatic rings. The largest absolute Gasteiger partial charge is 0.372 e. The number of hydrogen-bond acceptors (Lipinski definition) is 6. The van der Waals surface area contributed by atoms with Crippen LogP contribution in [0.2, 0.25) is 0 Å². The molecule has 0 spiro atoms. The van der Waals surface area contributed by atoms with Crippen molar-refractivity contribution in [1.29, 1.82) is 10.5 Å². The van der Waals surface area contributed by atoms with Crippen molar-refractivity contribution in [3.63, 3.8) is 0 Å². The van der Waals surface area contributed by atoms with Gasteiger partial charge in [0.25, 0.3) is 0 Å². The molecule has 0 radical (unpaired) electrons. The Bertz CT molecular complexity index is 315. The Morgan fingerprint density at radius 1 is 0.889 bits per heavy atom. The topological polar surface area (TPSA) is 84.5 Å². The van der Waals surface area contributed by atoms with Crippen molar-refractivity contribution >= 4 is 0 Å². The maximum absolute atomic E-state index is 8.45. The zero-order chi connectivity index (χ0) is 12.8. The van der Waals surface area contributed by atoms with Gasteiger partial charge in [0.1, 0.15) is 24.4 Å². The highest BCUT2D eigenvalue weighted by Crippen LogP contribution is 2.30. The van der Waals surface area contributed by atoms with E-state index >= 15 is 0 Å². The predicted molar refractivity (Wildman–Crippen MR) is 59.4 cm³/mol. The molecule has 4 atom stereocenters. The van der Waals surface area contributed by atoms with Crippen molar-refractivity contribution in [1.82, 2.24) is 0 Å². The van der Waals surface area contributed by atoms with Crippen LogP contribution in [0.15, 0.2) is 0 Å². The molecule has 2 saturated heterocycles. The molecular weight excluding hydrogens is 236 g/mol. The number of nitrogens with zero attached hydrogens (tertiary/aromatic N) is 2. The first-order chi connectivity index (χ1) is 8.86. The van der Waals surface area contributed by atoms with Gasteiger partial charge in [0.05, 0.1) is 51.4 Å². The lowest BCUT2D eigenvalue weighted by molar-refractivity contribution is -0.0484. The van der Waals surface area contributed by atoms with Gasteiger partial charge in [0.15, 0.2) is 0 Å². The van der Waals surface area contributed by atoms with E-state index in [1.54, 1.807) is 0 Å². The highest BCUT2D eigenvalue weighted by Gasteiger charge is 2.48. The standard InChI is InChI=1S/C12H16N2O4/c13-3-1-5-15-9-7-17-12-10(8-18-11(9)12)16-6-2-4-14/h9-12H,1-2,5-8H2. The molecule has 0 N–H and O–H groups in total. The monoisotopic (exact) mass is 252 g/mol. The maximum Gasteiger partial charge on any atom is 0.115 e. The van der Waals surface area contributed by atoms with E-state index in [2.05, 4.69) is 0 Å². The summed E-state index contributed by atoms with van der Waals surface area (Å²) >= 11 is 0. The normalized spacial score (nSPS) is 33.9. The number of hydrogen-bond donors (Lipinski definition) is 0. The Labute approximate surface area is 106 Å². The van der Waals surface area contributed by atoms with Gasteiger partial charge in [-0.2, -0.15) is 10.5 Å². The first-order valence-corrected chi connectivity index (χ1v) is 6.07. The van der Waals surface area contributed by atoms with Gasteiger partial charge in [0.2, 0.25) is 0 Å². The van der Waals surface area contributed by atoms with E-state index in [-0.39, 0.29) is 24.4 Å². The van der Waals surface area contributed by atoms with Gasteiger partial charge in [-0.1, -0.05) is 0 Å². The minimum Gasteiger partial charge on any atom is -0.372 e. The van der Waals surface area contributed by atoms with Crippen molar-refractivity contribution in [3.8, 4) is 12.1 Å². The third kappa shape index (κ3) is 2.98. The maximum atomic E-state index is 8.45. The van der Waals surface area contributed by atoms with Crippen LogP contribution in [0.25, 0.3) is 0 Å². The van der Waals surface area contributed by atoms with Gasteiger partial charge in [-0.3, -0.25) is 0 Å². The first kappa shape index (κ1) is 13.3. The lowest BCUT2D eigenvalue weighted by atomic mass is 10.1. The average molecular weight is 252 g/mol. The Morgan fingerprint density at radius 3 is 1.72 bits per heavy atom. The second-order valence-electron chi connectivity index (χ2n) is 4.23. The van der Waals surface area contributed by atoms with Crippen LogP contribution in [0.5, 0.6) is 0 Å². The second kappa shape index (κ2) is 6.67. The molecule has 4 unspecified atom stereocenters. The summed E-state index contributed by atoms with van der Waals surface area (Å²) in [7, 11) is 0. The van der Waals surface area contributed by atoms with E-state index in [0.717, 1.165) is 0 Å². The number of ether oxygens (including phenoxy) is 4. The molecule has 0 aromatic heterocycles. The molecule has 2 aliphatic heterocycles. The van der Waals surface area contributed by atoms with Crippen LogP contribution in [0.1, 0.15) is 12.8 Å². The fourth-order valence-electron chi connectivity index (χ4n) is 2.23. The molecular formula is C12H16N2O4. The fourth-order valence-corrected chi connectivity index (χ4v) is 2.23. The Balaban J connectivity index is 1.76. The number of nitriles is 2. The summed E-state index contributed by atoms with van der Waals surface area (Å²) < 4.78 is 22.3. The summed E-state index contributed by atoms with van der Waals surface area (Å²) in [6.45, 7) is 1.74. The van der Waals surface area contributed by atoms with Gasteiger partial charge < -0.3 is 18.9 Å². The molecule has 0 aliphatic carbocycles. The molecule has 0 aromatic carbocycles. The van der Waals surface area contributed by atoms with Crippen LogP contribution in [0.4, 0.5) is 0 Å². The van der Waals surface area contributed by atoms with Gasteiger partial charge >= 0.3 is 0 Å². The van der Waals surface area contributed by atoms with Crippen LogP contribution >= 0.6 is 0 Å². The van der Waals surface area contributed by atoms with E-state index in [1.165, 1.54) is 0 Å². The SMILES string of the molecule is N#CCCOC1COC2C(OCCC#N)COC12. The summed E-state index contributed by atoms with van der Waals surface area (Å²) in [5.74, 6) is 0. The van der Waals surface area contributed by atoms with Crippen LogP contribution in [-0.4, -0.2) is 50.8 Å². The van der Waals surface area contributed by atoms with Crippen LogP contribution in [0, 0.1) is 22.7 Å². The quantitative estimate of drug-likeness (QED) is 0.635. The Kier molecular flexibility index (Phi) is 4.91. The first-order valence-electron chi connectivity index (χ1n) is 6.07. The molecule has 98 valence electrons. The van der Waals surface area contributed by atoms with E-state index in [1.807, 2.05) is 12.1 Å². The van der Waals surface area contributed by atoms with Gasteiger partial charge in [-0.15, -0.1) is 0 Å². The van der Waals surface area contributed by atoms with Gasteiger partial charge in [-0.25, -0.2) is 0 Å². The molecule has 0 amide bonds. The molecule has 2 rings (SSSR count). The summed E-state index contributed by atoms with van der Waals surface area (Å²) in [6, 6.07) is 4.07. The molecule has 0 aromatic rings. The molecule has 0 saturated carbocycles. The average Bonchev–Trinajstić information content (AvgIpc) is 2.94. The number of fused-ring (bicyclic) bond motifs is 1. The Hall–Kier alpha value is -1.18. The summed E-state index contributed by atoms with van der Waals surface area (Å²) in [6.07, 6.45) is 0.277. The molecule has 0 bridgehead atoms. The highest BCUT2D eigenvalue weighted by atomic mass is 16.6. The molecule has 6 heteroatoms. The molecule has 2 heterocycles. The lowest BCUT2D eigenvalue weighted by Gasteiger charge is -2.16. The fraction of sp³-hybridized carbons (Fsp3) is 0.833. The van der Waals surface area contributed by atoms with Crippen molar-refractivity contribution in [2.24, 2.45) is 0 Å². The second-order valence-corrected chi connectivity index (χ2v) is 4.23. The molecule has 2 fully saturated rings. The summed E-state index contributed by atoms with van der Waals surface area (Å²) in [5, 5.41) is 16.9. The minimum atomic E-state index is -0.118. The number of rotatable bonds is 6. The van der Waals surface area contributed by atoms with Crippen molar-refractivity contribution in [2.45, 2.75) is 37.3 Å². The van der Waals surface area contributed by atoms with Gasteiger partial charge in [0, 0.05) is 0 Å². The summed E-state index contributed by atoms with van der Waals surface area (Å²) in [4.78, 5) is 0. The predicted octanol–water partition coefficient (Wildman–Crippen LogP) is 0.382. The van der Waals surface area contributed by atoms with Crippen LogP contribution in [0.3, 0.4) is 0 Å². The summed E-state index contributed by atoms with van der Waals surface area (Å²) in [5.41, 5.74) is 0. The Morgan fingerprint density at radius 2 is 1.33 bits per heavy atom. The van der Waals surface area contributed by atoms with Crippen molar-refractivity contribution in [3.05, 3.63) is 0 Å². The molecule has 6 nitrogen and oxygen atoms in total. The van der Waals surface area contributed by atoms with E-state index < -0.39 is 0 Å². The smallest absolute Gasteiger partial charge is 0.115 e. The third-order valence-electron chi connectivity index (χ3n) is 3.05. The van der Waals surface area contributed by atoms with E-state index in [4.69, 9.17) is 29.5 Å². The van der Waals surface area contributed by atoms with E-state index in [0.29, 0.717) is 39.3 Å².